The Morgan fingerprint density at radius 2 is 1.97 bits per heavy atom. The average Bonchev–Trinajstić information content (AvgIpc) is 3.10. The molecular formula is C21H21ClFN3O2S. The highest BCUT2D eigenvalue weighted by Gasteiger charge is 2.19. The van der Waals surface area contributed by atoms with Crippen molar-refractivity contribution in [3.8, 4) is 0 Å². The Morgan fingerprint density at radius 3 is 2.59 bits per heavy atom. The molecule has 0 unspecified atom stereocenters. The van der Waals surface area contributed by atoms with Crippen LogP contribution in [0.15, 0.2) is 29.1 Å². The van der Waals surface area contributed by atoms with E-state index in [0.717, 1.165) is 5.56 Å². The number of H-pyrrole nitrogens is 1. The zero-order valence-electron chi connectivity index (χ0n) is 16.5. The highest BCUT2D eigenvalue weighted by atomic mass is 35.5. The Bertz CT molecular complexity index is 1230. The maximum Gasteiger partial charge on any atom is 0.266 e. The van der Waals surface area contributed by atoms with Crippen molar-refractivity contribution in [2.24, 2.45) is 5.41 Å². The van der Waals surface area contributed by atoms with Crippen LogP contribution in [0.3, 0.4) is 0 Å². The lowest BCUT2D eigenvalue weighted by molar-refractivity contribution is -0.119. The number of hydrogen-bond acceptors (Lipinski definition) is 4. The molecule has 0 aliphatic heterocycles. The highest BCUT2D eigenvalue weighted by molar-refractivity contribution is 7.07. The number of aromatic amines is 1. The lowest BCUT2D eigenvalue weighted by Crippen LogP contribution is -2.22. The molecule has 2 heterocycles. The van der Waals surface area contributed by atoms with Crippen LogP contribution in [0, 0.1) is 18.2 Å². The maximum absolute atomic E-state index is 13.1. The molecule has 0 saturated heterocycles. The lowest BCUT2D eigenvalue weighted by Gasteiger charge is -2.12. The first-order valence-corrected chi connectivity index (χ1v) is 10.2. The number of rotatable bonds is 4. The Balaban J connectivity index is 1.98. The summed E-state index contributed by atoms with van der Waals surface area (Å²) in [6, 6.07) is 6.11. The minimum atomic E-state index is -0.522. The van der Waals surface area contributed by atoms with Crippen LogP contribution in [0.2, 0.25) is 5.15 Å². The van der Waals surface area contributed by atoms with Crippen LogP contribution in [-0.2, 0) is 11.3 Å². The molecular weight excluding hydrogens is 413 g/mol. The summed E-state index contributed by atoms with van der Waals surface area (Å²) in [6.45, 7) is 7.65. The third-order valence-corrected chi connectivity index (χ3v) is 5.67. The van der Waals surface area contributed by atoms with Gasteiger partial charge in [-0.05, 0) is 30.7 Å². The molecule has 0 fully saturated rings. The van der Waals surface area contributed by atoms with E-state index in [1.165, 1.54) is 29.5 Å². The van der Waals surface area contributed by atoms with Crippen LogP contribution < -0.4 is 14.8 Å². The van der Waals surface area contributed by atoms with Crippen molar-refractivity contribution in [3.05, 3.63) is 71.6 Å². The van der Waals surface area contributed by atoms with Gasteiger partial charge >= 0.3 is 0 Å². The van der Waals surface area contributed by atoms with E-state index >= 15 is 0 Å². The molecule has 0 radical (unpaired) electrons. The van der Waals surface area contributed by atoms with E-state index in [-0.39, 0.29) is 17.2 Å². The molecule has 29 heavy (non-hydrogen) atoms. The summed E-state index contributed by atoms with van der Waals surface area (Å²) in [6.07, 6.45) is 3.13. The van der Waals surface area contributed by atoms with Crippen molar-refractivity contribution in [2.75, 3.05) is 0 Å². The minimum Gasteiger partial charge on any atom is -0.313 e. The molecule has 8 heteroatoms. The number of aromatic nitrogens is 3. The number of nitrogens with one attached hydrogen (secondary N) is 1. The number of carbonyl (C=O) groups is 1. The molecule has 3 aromatic rings. The Hall–Kier alpha value is -2.51. The molecule has 0 amide bonds. The first-order valence-electron chi connectivity index (χ1n) is 8.99. The van der Waals surface area contributed by atoms with Gasteiger partial charge in [0.25, 0.3) is 5.56 Å². The SMILES string of the molecule is Cc1nn(Cc2ccc(F)cc2)c(Cl)c1/C=c1\s/c(=C\C(=O)C(C)(C)C)[nH]c1=O. The van der Waals surface area contributed by atoms with Gasteiger partial charge in [0.15, 0.2) is 5.78 Å². The highest BCUT2D eigenvalue weighted by Crippen LogP contribution is 2.21. The van der Waals surface area contributed by atoms with Crippen LogP contribution in [-0.4, -0.2) is 20.5 Å². The number of Topliss-reactive ketones (excluding diaryl/α,β-unsaturated/α-hetero) is 1. The molecule has 0 aliphatic rings. The maximum atomic E-state index is 13.1. The molecule has 1 aromatic carbocycles. The number of halogens is 2. The molecule has 0 saturated carbocycles. The van der Waals surface area contributed by atoms with Crippen LogP contribution in [0.4, 0.5) is 4.39 Å². The number of nitrogens with zero attached hydrogens (tertiary/aromatic N) is 2. The van der Waals surface area contributed by atoms with Gasteiger partial charge in [-0.2, -0.15) is 5.10 Å². The third-order valence-electron chi connectivity index (χ3n) is 4.31. The number of thiazole rings is 1. The second-order valence-electron chi connectivity index (χ2n) is 7.76. The standard InChI is InChI=1S/C21H21ClFN3O2S/c1-12-15(19(22)26(25-12)11-13-5-7-14(23)8-6-13)9-16-20(28)24-18(29-16)10-17(27)21(2,3)4/h5-10H,11H2,1-4H3,(H,24,28)/b16-9-,18-10-. The first kappa shape index (κ1) is 21.2. The number of aryl methyl sites for hydroxylation is 1. The molecule has 0 spiro atoms. The van der Waals surface area contributed by atoms with E-state index in [2.05, 4.69) is 10.1 Å². The zero-order valence-corrected chi connectivity index (χ0v) is 18.1. The van der Waals surface area contributed by atoms with Crippen molar-refractivity contribution >= 4 is 40.9 Å². The topological polar surface area (TPSA) is 67.8 Å². The summed E-state index contributed by atoms with van der Waals surface area (Å²) in [7, 11) is 0. The fourth-order valence-corrected chi connectivity index (χ4v) is 3.75. The van der Waals surface area contributed by atoms with Crippen LogP contribution in [0.5, 0.6) is 0 Å². The second kappa shape index (κ2) is 8.08. The predicted octanol–water partition coefficient (Wildman–Crippen LogP) is 3.01. The monoisotopic (exact) mass is 433 g/mol. The number of hydrogen-bond donors (Lipinski definition) is 1. The number of benzene rings is 1. The van der Waals surface area contributed by atoms with Crippen molar-refractivity contribution in [1.29, 1.82) is 0 Å². The van der Waals surface area contributed by atoms with E-state index in [0.29, 0.717) is 32.2 Å². The van der Waals surface area contributed by atoms with Crippen LogP contribution in [0.25, 0.3) is 12.2 Å². The molecule has 3 rings (SSSR count). The summed E-state index contributed by atoms with van der Waals surface area (Å²) >= 11 is 7.68. The smallest absolute Gasteiger partial charge is 0.266 e. The van der Waals surface area contributed by atoms with E-state index in [1.54, 1.807) is 29.8 Å². The molecule has 1 N–H and O–H groups in total. The summed E-state index contributed by atoms with van der Waals surface area (Å²) in [4.78, 5) is 27.2. The van der Waals surface area contributed by atoms with Gasteiger partial charge in [0.05, 0.1) is 21.4 Å². The summed E-state index contributed by atoms with van der Waals surface area (Å²) < 4.78 is 15.6. The van der Waals surface area contributed by atoms with E-state index in [1.807, 2.05) is 20.8 Å². The fourth-order valence-electron chi connectivity index (χ4n) is 2.59. The van der Waals surface area contributed by atoms with Crippen molar-refractivity contribution in [3.63, 3.8) is 0 Å². The van der Waals surface area contributed by atoms with E-state index in [4.69, 9.17) is 11.6 Å². The van der Waals surface area contributed by atoms with Gasteiger partial charge in [-0.25, -0.2) is 9.07 Å². The van der Waals surface area contributed by atoms with Gasteiger partial charge in [0.2, 0.25) is 0 Å². The molecule has 152 valence electrons. The van der Waals surface area contributed by atoms with Crippen molar-refractivity contribution in [2.45, 2.75) is 34.2 Å². The molecule has 2 aromatic heterocycles. The molecule has 5 nitrogen and oxygen atoms in total. The number of carbonyl (C=O) groups excluding carboxylic acids is 1. The van der Waals surface area contributed by atoms with Crippen molar-refractivity contribution < 1.29 is 9.18 Å². The van der Waals surface area contributed by atoms with E-state index < -0.39 is 5.41 Å². The van der Waals surface area contributed by atoms with Gasteiger partial charge < -0.3 is 4.98 Å². The predicted molar refractivity (Wildman–Crippen MR) is 114 cm³/mol. The first-order chi connectivity index (χ1) is 13.5. The van der Waals surface area contributed by atoms with Gasteiger partial charge in [0, 0.05) is 17.1 Å². The largest absolute Gasteiger partial charge is 0.313 e. The van der Waals surface area contributed by atoms with Gasteiger partial charge in [-0.3, -0.25) is 9.59 Å². The Morgan fingerprint density at radius 1 is 1.31 bits per heavy atom. The molecule has 0 aliphatic carbocycles. The quantitative estimate of drug-likeness (QED) is 0.687. The normalized spacial score (nSPS) is 13.3. The summed E-state index contributed by atoms with van der Waals surface area (Å²) in [5.74, 6) is -0.372. The second-order valence-corrected chi connectivity index (χ2v) is 9.20. The Labute approximate surface area is 176 Å². The number of ketones is 1. The van der Waals surface area contributed by atoms with Gasteiger partial charge in [-0.1, -0.05) is 44.5 Å². The molecule has 0 atom stereocenters. The fraction of sp³-hybridized carbons (Fsp3) is 0.286. The minimum absolute atomic E-state index is 0.0668. The van der Waals surface area contributed by atoms with Gasteiger partial charge in [-0.15, -0.1) is 11.3 Å². The summed E-state index contributed by atoms with van der Waals surface area (Å²) in [5, 5.41) is 4.82. The van der Waals surface area contributed by atoms with Crippen LogP contribution >= 0.6 is 22.9 Å². The Kier molecular flexibility index (Phi) is 5.91. The van der Waals surface area contributed by atoms with E-state index in [9.17, 15) is 14.0 Å². The molecule has 0 bridgehead atoms. The lowest BCUT2D eigenvalue weighted by atomic mass is 9.91. The van der Waals surface area contributed by atoms with Crippen molar-refractivity contribution in [1.82, 2.24) is 14.8 Å². The van der Waals surface area contributed by atoms with Crippen LogP contribution in [0.1, 0.15) is 37.6 Å². The summed E-state index contributed by atoms with van der Waals surface area (Å²) in [5.41, 5.74) is 1.35. The average molecular weight is 434 g/mol. The zero-order chi connectivity index (χ0) is 21.3. The third kappa shape index (κ3) is 4.92. The van der Waals surface area contributed by atoms with Gasteiger partial charge in [0.1, 0.15) is 11.0 Å².